The van der Waals surface area contributed by atoms with Crippen LogP contribution in [0.2, 0.25) is 0 Å². The zero-order chi connectivity index (χ0) is 16.3. The molecule has 0 amide bonds. The van der Waals surface area contributed by atoms with E-state index in [-0.39, 0.29) is 0 Å². The molecule has 3 heteroatoms. The summed E-state index contributed by atoms with van der Waals surface area (Å²) in [5, 5.41) is 3.74. The molecule has 128 valence electrons. The van der Waals surface area contributed by atoms with Crippen LogP contribution >= 0.6 is 0 Å². The maximum Gasteiger partial charge on any atom is 0.162 e. The van der Waals surface area contributed by atoms with Crippen molar-refractivity contribution in [3.63, 3.8) is 0 Å². The molecule has 0 bridgehead atoms. The summed E-state index contributed by atoms with van der Waals surface area (Å²) in [4.78, 5) is 0. The first-order valence-corrected chi connectivity index (χ1v) is 9.10. The molecule has 0 atom stereocenters. The number of aryl methyl sites for hydroxylation is 1. The zero-order valence-corrected chi connectivity index (χ0v) is 14.8. The van der Waals surface area contributed by atoms with Gasteiger partial charge in [0, 0.05) is 18.5 Å². The quantitative estimate of drug-likeness (QED) is 0.910. The predicted octanol–water partition coefficient (Wildman–Crippen LogP) is 4.01. The van der Waals surface area contributed by atoms with Gasteiger partial charge in [0.1, 0.15) is 0 Å². The average molecular weight is 317 g/mol. The Morgan fingerprint density at radius 3 is 2.22 bits per heavy atom. The number of nitrogens with one attached hydrogen (secondary N) is 1. The molecule has 1 saturated carbocycles. The van der Waals surface area contributed by atoms with Gasteiger partial charge in [-0.3, -0.25) is 0 Å². The first-order chi connectivity index (χ1) is 11.0. The second-order valence-electron chi connectivity index (χ2n) is 7.76. The predicted molar refractivity (Wildman–Crippen MR) is 93.7 cm³/mol. The number of hydrogen-bond acceptors (Lipinski definition) is 3. The standard InChI is InChI=1S/C20H31NO2/c1-15-4-6-17(7-5-15)18-8-10-19(11-9-18)21-12-16-13-22-20(2,3)23-14-16/h4-7,16,18-19,21H,8-14H2,1-3H3. The fraction of sp³-hybridized carbons (Fsp3) is 0.700. The number of ether oxygens (including phenoxy) is 2. The third kappa shape index (κ3) is 4.79. The van der Waals surface area contributed by atoms with Crippen LogP contribution in [0.3, 0.4) is 0 Å². The second kappa shape index (κ2) is 7.33. The third-order valence-corrected chi connectivity index (χ3v) is 5.30. The van der Waals surface area contributed by atoms with Crippen LogP contribution in [0, 0.1) is 12.8 Å². The topological polar surface area (TPSA) is 30.5 Å². The van der Waals surface area contributed by atoms with E-state index >= 15 is 0 Å². The summed E-state index contributed by atoms with van der Waals surface area (Å²) in [6, 6.07) is 9.76. The highest BCUT2D eigenvalue weighted by Crippen LogP contribution is 2.33. The van der Waals surface area contributed by atoms with Crippen LogP contribution in [-0.2, 0) is 9.47 Å². The van der Waals surface area contributed by atoms with Gasteiger partial charge in [-0.1, -0.05) is 29.8 Å². The van der Waals surface area contributed by atoms with Gasteiger partial charge in [0.25, 0.3) is 0 Å². The molecule has 0 spiro atoms. The second-order valence-corrected chi connectivity index (χ2v) is 7.76. The summed E-state index contributed by atoms with van der Waals surface area (Å²) in [6.45, 7) is 8.75. The lowest BCUT2D eigenvalue weighted by molar-refractivity contribution is -0.261. The van der Waals surface area contributed by atoms with Gasteiger partial charge in [-0.2, -0.15) is 0 Å². The van der Waals surface area contributed by atoms with Gasteiger partial charge in [-0.05, 0) is 57.9 Å². The van der Waals surface area contributed by atoms with Crippen LogP contribution < -0.4 is 5.32 Å². The molecule has 1 heterocycles. The molecule has 3 rings (SSSR count). The molecule has 0 unspecified atom stereocenters. The Balaban J connectivity index is 1.39. The SMILES string of the molecule is Cc1ccc(C2CCC(NCC3COC(C)(C)OC3)CC2)cc1. The Bertz CT molecular complexity index is 479. The van der Waals surface area contributed by atoms with Crippen LogP contribution in [0.25, 0.3) is 0 Å². The number of rotatable bonds is 4. The molecule has 1 aromatic carbocycles. The largest absolute Gasteiger partial charge is 0.350 e. The van der Waals surface area contributed by atoms with E-state index in [1.807, 2.05) is 13.8 Å². The van der Waals surface area contributed by atoms with Crippen molar-refractivity contribution in [2.75, 3.05) is 19.8 Å². The number of hydrogen-bond donors (Lipinski definition) is 1. The fourth-order valence-electron chi connectivity index (χ4n) is 3.65. The van der Waals surface area contributed by atoms with Crippen LogP contribution in [0.4, 0.5) is 0 Å². The molecule has 0 radical (unpaired) electrons. The van der Waals surface area contributed by atoms with E-state index in [2.05, 4.69) is 36.5 Å². The molecule has 1 aliphatic heterocycles. The van der Waals surface area contributed by atoms with Gasteiger partial charge in [0.15, 0.2) is 5.79 Å². The van der Waals surface area contributed by atoms with E-state index in [4.69, 9.17) is 9.47 Å². The van der Waals surface area contributed by atoms with Crippen LogP contribution in [0.5, 0.6) is 0 Å². The van der Waals surface area contributed by atoms with Gasteiger partial charge >= 0.3 is 0 Å². The zero-order valence-electron chi connectivity index (χ0n) is 14.8. The van der Waals surface area contributed by atoms with Gasteiger partial charge < -0.3 is 14.8 Å². The van der Waals surface area contributed by atoms with Crippen molar-refractivity contribution in [3.8, 4) is 0 Å². The summed E-state index contributed by atoms with van der Waals surface area (Å²) in [5.41, 5.74) is 2.87. The molecule has 1 saturated heterocycles. The van der Waals surface area contributed by atoms with Gasteiger partial charge in [-0.15, -0.1) is 0 Å². The Hall–Kier alpha value is -0.900. The maximum absolute atomic E-state index is 5.74. The normalized spacial score (nSPS) is 28.7. The van der Waals surface area contributed by atoms with Crippen LogP contribution in [-0.4, -0.2) is 31.6 Å². The van der Waals surface area contributed by atoms with E-state index in [0.29, 0.717) is 12.0 Å². The van der Waals surface area contributed by atoms with E-state index in [1.54, 1.807) is 0 Å². The van der Waals surface area contributed by atoms with Gasteiger partial charge in [-0.25, -0.2) is 0 Å². The summed E-state index contributed by atoms with van der Waals surface area (Å²) in [7, 11) is 0. The van der Waals surface area contributed by atoms with Crippen molar-refractivity contribution in [3.05, 3.63) is 35.4 Å². The molecule has 23 heavy (non-hydrogen) atoms. The Kier molecular flexibility index (Phi) is 5.40. The van der Waals surface area contributed by atoms with Crippen molar-refractivity contribution < 1.29 is 9.47 Å². The molecule has 1 aromatic rings. The Morgan fingerprint density at radius 2 is 1.61 bits per heavy atom. The fourth-order valence-corrected chi connectivity index (χ4v) is 3.65. The molecule has 1 aliphatic carbocycles. The minimum Gasteiger partial charge on any atom is -0.350 e. The van der Waals surface area contributed by atoms with Crippen molar-refractivity contribution in [1.29, 1.82) is 0 Å². The molecular formula is C20H31NO2. The van der Waals surface area contributed by atoms with E-state index in [1.165, 1.54) is 36.8 Å². The van der Waals surface area contributed by atoms with Crippen LogP contribution in [0.15, 0.2) is 24.3 Å². The molecule has 2 fully saturated rings. The monoisotopic (exact) mass is 317 g/mol. The summed E-state index contributed by atoms with van der Waals surface area (Å²) in [5.74, 6) is 0.830. The molecule has 2 aliphatic rings. The van der Waals surface area contributed by atoms with Crippen LogP contribution in [0.1, 0.15) is 56.6 Å². The summed E-state index contributed by atoms with van der Waals surface area (Å²) >= 11 is 0. The Labute approximate surface area is 140 Å². The maximum atomic E-state index is 5.74. The first-order valence-electron chi connectivity index (χ1n) is 9.10. The van der Waals surface area contributed by atoms with E-state index in [9.17, 15) is 0 Å². The Morgan fingerprint density at radius 1 is 1.00 bits per heavy atom. The third-order valence-electron chi connectivity index (χ3n) is 5.30. The highest BCUT2D eigenvalue weighted by atomic mass is 16.7. The molecular weight excluding hydrogens is 286 g/mol. The van der Waals surface area contributed by atoms with Gasteiger partial charge in [0.05, 0.1) is 13.2 Å². The van der Waals surface area contributed by atoms with Crippen molar-refractivity contribution in [2.24, 2.45) is 5.92 Å². The van der Waals surface area contributed by atoms with E-state index < -0.39 is 5.79 Å². The highest BCUT2D eigenvalue weighted by molar-refractivity contribution is 5.24. The molecule has 0 aromatic heterocycles. The smallest absolute Gasteiger partial charge is 0.162 e. The number of benzene rings is 1. The molecule has 3 nitrogen and oxygen atoms in total. The van der Waals surface area contributed by atoms with E-state index in [0.717, 1.165) is 25.7 Å². The van der Waals surface area contributed by atoms with Crippen molar-refractivity contribution in [2.45, 2.75) is 64.2 Å². The lowest BCUT2D eigenvalue weighted by Crippen LogP contribution is -2.45. The van der Waals surface area contributed by atoms with Crippen molar-refractivity contribution in [1.82, 2.24) is 5.32 Å². The summed E-state index contributed by atoms with van der Waals surface area (Å²) in [6.07, 6.45) is 5.15. The highest BCUT2D eigenvalue weighted by Gasteiger charge is 2.29. The minimum absolute atomic E-state index is 0.400. The first kappa shape index (κ1) is 16.9. The summed E-state index contributed by atoms with van der Waals surface area (Å²) < 4.78 is 11.5. The van der Waals surface area contributed by atoms with Gasteiger partial charge in [0.2, 0.25) is 0 Å². The molecule has 1 N–H and O–H groups in total. The lowest BCUT2D eigenvalue weighted by Gasteiger charge is -2.36. The lowest BCUT2D eigenvalue weighted by atomic mass is 9.81. The van der Waals surface area contributed by atoms with Crippen molar-refractivity contribution >= 4 is 0 Å². The minimum atomic E-state index is -0.400. The average Bonchev–Trinajstić information content (AvgIpc) is 2.55.